The van der Waals surface area contributed by atoms with Crippen molar-refractivity contribution in [3.8, 4) is 17.2 Å². The van der Waals surface area contributed by atoms with Crippen LogP contribution in [0.3, 0.4) is 0 Å². The van der Waals surface area contributed by atoms with Crippen molar-refractivity contribution >= 4 is 56.4 Å². The number of anilines is 1. The van der Waals surface area contributed by atoms with Gasteiger partial charge in [0.15, 0.2) is 28.9 Å². The maximum atomic E-state index is 13.5. The lowest BCUT2D eigenvalue weighted by atomic mass is 10.0. The number of methoxy groups -OCH3 is 1. The number of hydrogen-bond donors (Lipinski definition) is 3. The Bertz CT molecular complexity index is 1990. The molecule has 57 heavy (non-hydrogen) atoms. The smallest absolute Gasteiger partial charge is 0.278 e. The molecule has 2 atom stereocenters. The van der Waals surface area contributed by atoms with Crippen molar-refractivity contribution in [2.24, 2.45) is 0 Å². The molecule has 4 aromatic rings. The van der Waals surface area contributed by atoms with Crippen molar-refractivity contribution in [2.45, 2.75) is 77.5 Å². The number of rotatable bonds is 20. The molecule has 0 radical (unpaired) electrons. The second-order valence-corrected chi connectivity index (χ2v) is 16.2. The molecule has 0 bridgehead atoms. The third-order valence-corrected chi connectivity index (χ3v) is 9.11. The summed E-state index contributed by atoms with van der Waals surface area (Å²) < 4.78 is 50.2. The van der Waals surface area contributed by atoms with Crippen LogP contribution in [0, 0.1) is 0 Å². The van der Waals surface area contributed by atoms with Crippen LogP contribution in [0.1, 0.15) is 62.9 Å². The zero-order valence-corrected chi connectivity index (χ0v) is 35.2. The van der Waals surface area contributed by atoms with E-state index in [-0.39, 0.29) is 29.7 Å². The van der Waals surface area contributed by atoms with Gasteiger partial charge in [-0.3, -0.25) is 14.4 Å². The number of ether oxygens (including phenoxy) is 3. The third kappa shape index (κ3) is 15.6. The molecule has 0 unspecified atom stereocenters. The normalized spacial score (nSPS) is 12.3. The number of thioether (sulfide) groups is 1. The van der Waals surface area contributed by atoms with Crippen LogP contribution >= 0.6 is 11.8 Å². The number of aromatic nitrogens is 1. The standard InChI is InChI=1S/C39H51N5O7S.CH4O3S/c1-25(2)44(26(3)4)39(47)28-14-17-33(35(23-28)48-5)50-20-11-10-19-49-29-15-16-30-34(24-29)51-43-36(30)42-38(46)32(22-27-12-8-7-9-13-27)41-37(45)31(40)18-21-52-6;1-5(2,3)4/h7-9,12-17,23-26,31-32H,10-11,18-22,40H2,1-6H3,(H,41,45)(H,42,43,46);1H3,(H,2,3,4)/t31-,32-;/m0./s1. The van der Waals surface area contributed by atoms with Crippen LogP contribution in [-0.2, 0) is 26.1 Å². The molecule has 5 N–H and O–H groups in total. The first-order valence-electron chi connectivity index (χ1n) is 18.6. The Morgan fingerprint density at radius 2 is 1.58 bits per heavy atom. The number of nitrogens with one attached hydrogen (secondary N) is 2. The number of fused-ring (bicyclic) bond motifs is 1. The molecule has 3 aromatic carbocycles. The van der Waals surface area contributed by atoms with Crippen LogP contribution < -0.4 is 30.6 Å². The van der Waals surface area contributed by atoms with Gasteiger partial charge in [0.2, 0.25) is 5.91 Å². The summed E-state index contributed by atoms with van der Waals surface area (Å²) in [5, 5.41) is 10.4. The molecule has 0 saturated heterocycles. The van der Waals surface area contributed by atoms with Gasteiger partial charge in [-0.2, -0.15) is 11.8 Å². The Balaban J connectivity index is 0.00000163. The fourth-order valence-corrected chi connectivity index (χ4v) is 6.27. The number of amides is 3. The summed E-state index contributed by atoms with van der Waals surface area (Å²) >= 11 is 1.65. The lowest BCUT2D eigenvalue weighted by Crippen LogP contribution is -2.69. The molecular formula is C40H55N5O10S2. The highest BCUT2D eigenvalue weighted by Gasteiger charge is 2.27. The average Bonchev–Trinajstić information content (AvgIpc) is 3.55. The van der Waals surface area contributed by atoms with E-state index in [4.69, 9.17) is 31.7 Å². The number of hydrogen-bond acceptors (Lipinski definition) is 12. The number of carbonyl (C=O) groups is 3. The van der Waals surface area contributed by atoms with Gasteiger partial charge in [-0.25, -0.2) is 8.42 Å². The van der Waals surface area contributed by atoms with Crippen molar-refractivity contribution in [1.29, 1.82) is 0 Å². The van der Waals surface area contributed by atoms with E-state index in [0.717, 1.165) is 24.2 Å². The first-order valence-corrected chi connectivity index (χ1v) is 21.8. The van der Waals surface area contributed by atoms with Crippen molar-refractivity contribution in [3.63, 3.8) is 0 Å². The van der Waals surface area contributed by atoms with E-state index in [1.165, 1.54) is 0 Å². The van der Waals surface area contributed by atoms with Gasteiger partial charge >= 0.3 is 0 Å². The third-order valence-electron chi connectivity index (χ3n) is 8.46. The molecular weight excluding hydrogens is 775 g/mol. The maximum absolute atomic E-state index is 13.5. The van der Waals surface area contributed by atoms with E-state index in [2.05, 4.69) is 21.5 Å². The molecule has 1 aromatic heterocycles. The minimum atomic E-state index is -3.92. The molecule has 4 rings (SSSR count). The fourth-order valence-electron chi connectivity index (χ4n) is 5.75. The van der Waals surface area contributed by atoms with Crippen LogP contribution in [0.25, 0.3) is 11.0 Å². The Kier molecular flexibility index (Phi) is 18.6. The highest BCUT2D eigenvalue weighted by Crippen LogP contribution is 2.30. The molecule has 0 fully saturated rings. The SMILES string of the molecule is COc1cc(C(=O)N(C(C)C)C(C)C)ccc1OCCCCOc1ccc2c(NC(=O)[C@H](Cc3ccccc3)NC(=O)[C@@H]([NH3+])CCSC)noc2c1.CS(=O)(=O)[O-]. The summed E-state index contributed by atoms with van der Waals surface area (Å²) in [6.45, 7) is 8.90. The highest BCUT2D eigenvalue weighted by molar-refractivity contribution is 7.98. The van der Waals surface area contributed by atoms with Crippen LogP contribution in [0.15, 0.2) is 71.3 Å². The lowest BCUT2D eigenvalue weighted by Gasteiger charge is -2.31. The molecule has 15 nitrogen and oxygen atoms in total. The zero-order valence-electron chi connectivity index (χ0n) is 33.6. The molecule has 312 valence electrons. The highest BCUT2D eigenvalue weighted by atomic mass is 32.2. The van der Waals surface area contributed by atoms with E-state index >= 15 is 0 Å². The Morgan fingerprint density at radius 3 is 2.19 bits per heavy atom. The summed E-state index contributed by atoms with van der Waals surface area (Å²) in [5.74, 6) is 2.02. The predicted molar refractivity (Wildman–Crippen MR) is 220 cm³/mol. The van der Waals surface area contributed by atoms with Gasteiger partial charge in [0, 0.05) is 42.8 Å². The first kappa shape index (κ1) is 46.5. The van der Waals surface area contributed by atoms with Crippen LogP contribution in [0.2, 0.25) is 0 Å². The summed E-state index contributed by atoms with van der Waals surface area (Å²) in [6.07, 6.45) is 4.96. The molecule has 0 aliphatic heterocycles. The second kappa shape index (κ2) is 22.8. The topological polar surface area (TPSA) is 217 Å². The van der Waals surface area contributed by atoms with Gasteiger partial charge in [-0.15, -0.1) is 0 Å². The van der Waals surface area contributed by atoms with Gasteiger partial charge in [0.1, 0.15) is 11.8 Å². The monoisotopic (exact) mass is 829 g/mol. The van der Waals surface area contributed by atoms with Crippen molar-refractivity contribution in [1.82, 2.24) is 15.4 Å². The number of carbonyl (C=O) groups excluding carboxylic acids is 3. The van der Waals surface area contributed by atoms with Crippen molar-refractivity contribution in [2.75, 3.05) is 43.9 Å². The number of nitrogens with zero attached hydrogens (tertiary/aromatic N) is 2. The van der Waals surface area contributed by atoms with Crippen LogP contribution in [0.5, 0.6) is 17.2 Å². The number of quaternary nitrogens is 1. The van der Waals surface area contributed by atoms with Crippen molar-refractivity contribution < 1.29 is 51.8 Å². The van der Waals surface area contributed by atoms with E-state index in [1.807, 2.05) is 69.2 Å². The van der Waals surface area contributed by atoms with E-state index < -0.39 is 28.1 Å². The molecule has 0 aliphatic carbocycles. The van der Waals surface area contributed by atoms with Gasteiger partial charge < -0.3 is 44.6 Å². The van der Waals surface area contributed by atoms with Crippen LogP contribution in [0.4, 0.5) is 5.82 Å². The Morgan fingerprint density at radius 1 is 0.930 bits per heavy atom. The number of benzene rings is 3. The van der Waals surface area contributed by atoms with Crippen LogP contribution in [-0.4, -0.2) is 104 Å². The summed E-state index contributed by atoms with van der Waals surface area (Å²) in [7, 11) is -2.36. The van der Waals surface area contributed by atoms with E-state index in [1.54, 1.807) is 55.3 Å². The fraction of sp³-hybridized carbons (Fsp3) is 0.450. The quantitative estimate of drug-likeness (QED) is 0.0828. The largest absolute Gasteiger partial charge is 0.748 e. The maximum Gasteiger partial charge on any atom is 0.278 e. The average molecular weight is 830 g/mol. The molecule has 0 saturated carbocycles. The molecule has 1 heterocycles. The zero-order chi connectivity index (χ0) is 42.1. The number of unbranched alkanes of at least 4 members (excludes halogenated alkanes) is 1. The van der Waals surface area contributed by atoms with E-state index in [0.29, 0.717) is 66.1 Å². The molecule has 3 amide bonds. The summed E-state index contributed by atoms with van der Waals surface area (Å²) in [6, 6.07) is 18.9. The van der Waals surface area contributed by atoms with Gasteiger partial charge in [0.05, 0.1) is 35.8 Å². The minimum Gasteiger partial charge on any atom is -0.748 e. The van der Waals surface area contributed by atoms with E-state index in [9.17, 15) is 14.4 Å². The lowest BCUT2D eigenvalue weighted by molar-refractivity contribution is -0.404. The Hall–Kier alpha value is -4.84. The first-order chi connectivity index (χ1) is 27.0. The molecule has 0 aliphatic rings. The predicted octanol–water partition coefficient (Wildman–Crippen LogP) is 4.52. The summed E-state index contributed by atoms with van der Waals surface area (Å²) in [4.78, 5) is 41.3. The molecule has 17 heteroatoms. The van der Waals surface area contributed by atoms with Gasteiger partial charge in [-0.05, 0) is 88.4 Å². The van der Waals surface area contributed by atoms with Gasteiger partial charge in [-0.1, -0.05) is 35.5 Å². The van der Waals surface area contributed by atoms with Gasteiger partial charge in [0.25, 0.3) is 11.8 Å². The minimum absolute atomic E-state index is 0.0467. The second-order valence-electron chi connectivity index (χ2n) is 13.8. The Labute approximate surface area is 339 Å². The summed E-state index contributed by atoms with van der Waals surface area (Å²) in [5.41, 5.74) is 5.89. The molecule has 0 spiro atoms. The van der Waals surface area contributed by atoms with Crippen molar-refractivity contribution in [3.05, 3.63) is 77.9 Å².